The van der Waals surface area contributed by atoms with Gasteiger partial charge < -0.3 is 25.2 Å². The van der Waals surface area contributed by atoms with Crippen LogP contribution in [0.15, 0.2) is 24.3 Å². The summed E-state index contributed by atoms with van der Waals surface area (Å²) in [5.74, 6) is 0.209. The molecule has 152 valence electrons. The van der Waals surface area contributed by atoms with Crippen molar-refractivity contribution < 1.29 is 14.3 Å². The van der Waals surface area contributed by atoms with Gasteiger partial charge in [0, 0.05) is 56.9 Å². The van der Waals surface area contributed by atoms with Crippen LogP contribution in [-0.2, 0) is 9.53 Å². The molecule has 0 saturated carbocycles. The number of ether oxygens (including phenoxy) is 1. The number of rotatable bonds is 4. The third-order valence-electron chi connectivity index (χ3n) is 5.66. The minimum atomic E-state index is -0.169. The Labute approximate surface area is 165 Å². The van der Waals surface area contributed by atoms with Gasteiger partial charge in [-0.3, -0.25) is 10.2 Å². The Morgan fingerprint density at radius 2 is 1.61 bits per heavy atom. The zero-order valence-corrected chi connectivity index (χ0v) is 16.4. The fourth-order valence-corrected chi connectivity index (χ4v) is 3.86. The molecule has 0 aliphatic carbocycles. The Balaban J connectivity index is 1.46. The number of carbonyl (C=O) groups excluding carboxylic acids is 2. The van der Waals surface area contributed by atoms with E-state index in [1.807, 2.05) is 34.1 Å². The number of urea groups is 1. The SMILES string of the molecule is COC(=O)CC1CCN(C(=O)N2CCN(c3ccc(C(=N)N)cc3)CC2)CC1. The van der Waals surface area contributed by atoms with Crippen molar-refractivity contribution in [3.05, 3.63) is 29.8 Å². The number of likely N-dealkylation sites (tertiary alicyclic amines) is 1. The van der Waals surface area contributed by atoms with Crippen molar-refractivity contribution in [1.82, 2.24) is 9.80 Å². The highest BCUT2D eigenvalue weighted by molar-refractivity contribution is 5.95. The number of nitrogens with one attached hydrogen (secondary N) is 1. The molecule has 1 aromatic carbocycles. The van der Waals surface area contributed by atoms with E-state index in [2.05, 4.69) is 4.90 Å². The van der Waals surface area contributed by atoms with E-state index >= 15 is 0 Å². The normalized spacial score (nSPS) is 18.1. The Morgan fingerprint density at radius 1 is 1.04 bits per heavy atom. The molecule has 2 fully saturated rings. The van der Waals surface area contributed by atoms with Gasteiger partial charge in [-0.2, -0.15) is 0 Å². The topological polar surface area (TPSA) is 103 Å². The number of benzene rings is 1. The maximum atomic E-state index is 12.8. The lowest BCUT2D eigenvalue weighted by atomic mass is 9.94. The average Bonchev–Trinajstić information content (AvgIpc) is 2.74. The summed E-state index contributed by atoms with van der Waals surface area (Å²) >= 11 is 0. The van der Waals surface area contributed by atoms with Gasteiger partial charge in [0.15, 0.2) is 0 Å². The first-order valence-corrected chi connectivity index (χ1v) is 9.78. The number of piperazine rings is 1. The number of hydrogen-bond donors (Lipinski definition) is 2. The molecule has 0 atom stereocenters. The molecular weight excluding hydrogens is 358 g/mol. The molecule has 2 aliphatic rings. The van der Waals surface area contributed by atoms with E-state index in [1.165, 1.54) is 7.11 Å². The van der Waals surface area contributed by atoms with Crippen molar-refractivity contribution in [3.8, 4) is 0 Å². The molecule has 3 N–H and O–H groups in total. The van der Waals surface area contributed by atoms with Gasteiger partial charge in [-0.15, -0.1) is 0 Å². The zero-order valence-electron chi connectivity index (χ0n) is 16.4. The van der Waals surface area contributed by atoms with Crippen molar-refractivity contribution >= 4 is 23.5 Å². The standard InChI is InChI=1S/C20H29N5O3/c1-28-18(26)14-15-6-8-24(9-7-15)20(27)25-12-10-23(11-13-25)17-4-2-16(3-5-17)19(21)22/h2-5,15H,6-14H2,1H3,(H3,21,22). The van der Waals surface area contributed by atoms with E-state index in [0.29, 0.717) is 44.1 Å². The summed E-state index contributed by atoms with van der Waals surface area (Å²) < 4.78 is 4.74. The van der Waals surface area contributed by atoms with Crippen LogP contribution in [0.1, 0.15) is 24.8 Å². The van der Waals surface area contributed by atoms with E-state index in [-0.39, 0.29) is 17.8 Å². The molecule has 0 aromatic heterocycles. The molecule has 28 heavy (non-hydrogen) atoms. The van der Waals surface area contributed by atoms with Crippen molar-refractivity contribution in [3.63, 3.8) is 0 Å². The van der Waals surface area contributed by atoms with Crippen LogP contribution in [0.25, 0.3) is 0 Å². The van der Waals surface area contributed by atoms with Gasteiger partial charge >= 0.3 is 12.0 Å². The molecule has 0 spiro atoms. The zero-order chi connectivity index (χ0) is 20.1. The Morgan fingerprint density at radius 3 is 2.14 bits per heavy atom. The molecule has 2 aliphatic heterocycles. The lowest BCUT2D eigenvalue weighted by Crippen LogP contribution is -2.54. The number of amidine groups is 1. The third kappa shape index (κ3) is 4.74. The maximum Gasteiger partial charge on any atom is 0.320 e. The second-order valence-electron chi connectivity index (χ2n) is 7.43. The smallest absolute Gasteiger partial charge is 0.320 e. The van der Waals surface area contributed by atoms with Crippen LogP contribution in [0.3, 0.4) is 0 Å². The Hall–Kier alpha value is -2.77. The van der Waals surface area contributed by atoms with Crippen LogP contribution in [-0.4, -0.2) is 74.0 Å². The summed E-state index contributed by atoms with van der Waals surface area (Å²) in [6.07, 6.45) is 2.15. The molecule has 8 nitrogen and oxygen atoms in total. The summed E-state index contributed by atoms with van der Waals surface area (Å²) in [4.78, 5) is 30.3. The van der Waals surface area contributed by atoms with Gasteiger partial charge in [0.25, 0.3) is 0 Å². The fraction of sp³-hybridized carbons (Fsp3) is 0.550. The number of amides is 2. The molecule has 0 unspecified atom stereocenters. The summed E-state index contributed by atoms with van der Waals surface area (Å²) in [5, 5.41) is 7.47. The number of carbonyl (C=O) groups is 2. The van der Waals surface area contributed by atoms with E-state index in [4.69, 9.17) is 15.9 Å². The predicted octanol–water partition coefficient (Wildman–Crippen LogP) is 1.49. The summed E-state index contributed by atoms with van der Waals surface area (Å²) in [6, 6.07) is 7.75. The van der Waals surface area contributed by atoms with Crippen molar-refractivity contribution in [2.75, 3.05) is 51.3 Å². The summed E-state index contributed by atoms with van der Waals surface area (Å²) in [6.45, 7) is 4.35. The van der Waals surface area contributed by atoms with Crippen molar-refractivity contribution in [1.29, 1.82) is 5.41 Å². The molecule has 3 rings (SSSR count). The van der Waals surface area contributed by atoms with Crippen molar-refractivity contribution in [2.45, 2.75) is 19.3 Å². The van der Waals surface area contributed by atoms with E-state index in [1.54, 1.807) is 0 Å². The first-order valence-electron chi connectivity index (χ1n) is 9.78. The third-order valence-corrected chi connectivity index (χ3v) is 5.66. The van der Waals surface area contributed by atoms with Crippen molar-refractivity contribution in [2.24, 2.45) is 11.7 Å². The Kier molecular flexibility index (Phi) is 6.38. The maximum absolute atomic E-state index is 12.8. The minimum Gasteiger partial charge on any atom is -0.469 e. The molecule has 1 aromatic rings. The molecular formula is C20H29N5O3. The quantitative estimate of drug-likeness (QED) is 0.463. The highest BCUT2D eigenvalue weighted by atomic mass is 16.5. The largest absolute Gasteiger partial charge is 0.469 e. The highest BCUT2D eigenvalue weighted by Gasteiger charge is 2.29. The molecule has 0 radical (unpaired) electrons. The monoisotopic (exact) mass is 387 g/mol. The van der Waals surface area contributed by atoms with Crippen LogP contribution in [0.4, 0.5) is 10.5 Å². The number of esters is 1. The molecule has 2 saturated heterocycles. The minimum absolute atomic E-state index is 0.0670. The van der Waals surface area contributed by atoms with Gasteiger partial charge in [-0.1, -0.05) is 0 Å². The number of anilines is 1. The Bertz CT molecular complexity index is 705. The first kappa shape index (κ1) is 20.0. The van der Waals surface area contributed by atoms with Gasteiger partial charge in [-0.05, 0) is 43.0 Å². The summed E-state index contributed by atoms with van der Waals surface area (Å²) in [5.41, 5.74) is 7.30. The predicted molar refractivity (Wildman–Crippen MR) is 108 cm³/mol. The second-order valence-corrected chi connectivity index (χ2v) is 7.43. The molecule has 2 heterocycles. The van der Waals surface area contributed by atoms with E-state index in [0.717, 1.165) is 31.6 Å². The number of nitrogens with zero attached hydrogens (tertiary/aromatic N) is 3. The van der Waals surface area contributed by atoms with Gasteiger partial charge in [0.2, 0.25) is 0 Å². The summed E-state index contributed by atoms with van der Waals surface area (Å²) in [7, 11) is 1.41. The lowest BCUT2D eigenvalue weighted by Gasteiger charge is -2.40. The molecule has 0 bridgehead atoms. The number of hydrogen-bond acceptors (Lipinski definition) is 5. The van der Waals surface area contributed by atoms with Crippen LogP contribution in [0, 0.1) is 11.3 Å². The van der Waals surface area contributed by atoms with E-state index < -0.39 is 0 Å². The molecule has 8 heteroatoms. The van der Waals surface area contributed by atoms with Gasteiger partial charge in [-0.25, -0.2) is 4.79 Å². The number of piperidine rings is 1. The number of methoxy groups -OCH3 is 1. The first-order chi connectivity index (χ1) is 13.5. The fourth-order valence-electron chi connectivity index (χ4n) is 3.86. The van der Waals surface area contributed by atoms with Crippen LogP contribution in [0.2, 0.25) is 0 Å². The number of nitrogens with two attached hydrogens (primary N) is 1. The van der Waals surface area contributed by atoms with Gasteiger partial charge in [0.1, 0.15) is 5.84 Å². The lowest BCUT2D eigenvalue weighted by molar-refractivity contribution is -0.142. The number of nitrogen functional groups attached to an aromatic ring is 1. The molecule has 2 amide bonds. The second kappa shape index (κ2) is 8.95. The van der Waals surface area contributed by atoms with E-state index in [9.17, 15) is 9.59 Å². The van der Waals surface area contributed by atoms with Gasteiger partial charge in [0.05, 0.1) is 7.11 Å². The average molecular weight is 387 g/mol. The van der Waals surface area contributed by atoms with Crippen LogP contribution in [0.5, 0.6) is 0 Å². The van der Waals surface area contributed by atoms with Crippen LogP contribution < -0.4 is 10.6 Å². The van der Waals surface area contributed by atoms with Crippen LogP contribution >= 0.6 is 0 Å². The highest BCUT2D eigenvalue weighted by Crippen LogP contribution is 2.23.